The molecule has 1 atom stereocenters. The van der Waals surface area contributed by atoms with Gasteiger partial charge < -0.3 is 4.90 Å². The lowest BCUT2D eigenvalue weighted by Crippen LogP contribution is -2.40. The fourth-order valence-corrected chi connectivity index (χ4v) is 3.29. The zero-order chi connectivity index (χ0) is 17.1. The molecule has 1 unspecified atom stereocenters. The van der Waals surface area contributed by atoms with Crippen LogP contribution in [0.15, 0.2) is 24.3 Å². The summed E-state index contributed by atoms with van der Waals surface area (Å²) in [4.78, 5) is 14.3. The Hall–Kier alpha value is -2.24. The molecule has 2 heterocycles. The van der Waals surface area contributed by atoms with Crippen molar-refractivity contribution < 1.29 is 13.6 Å². The zero-order valence-electron chi connectivity index (χ0n) is 13.7. The van der Waals surface area contributed by atoms with E-state index in [0.29, 0.717) is 31.6 Å². The summed E-state index contributed by atoms with van der Waals surface area (Å²) >= 11 is 0. The maximum atomic E-state index is 13.7. The number of aromatic amines is 1. The molecule has 1 N–H and O–H groups in total. The van der Waals surface area contributed by atoms with Crippen molar-refractivity contribution in [3.63, 3.8) is 0 Å². The first-order valence-corrected chi connectivity index (χ1v) is 8.29. The van der Waals surface area contributed by atoms with E-state index in [1.807, 2.05) is 6.92 Å². The van der Waals surface area contributed by atoms with Gasteiger partial charge in [-0.15, -0.1) is 0 Å². The lowest BCUT2D eigenvalue weighted by molar-refractivity contribution is 0.0662. The van der Waals surface area contributed by atoms with Gasteiger partial charge in [0.25, 0.3) is 5.91 Å². The fraction of sp³-hybridized carbons (Fsp3) is 0.444. The number of benzene rings is 1. The van der Waals surface area contributed by atoms with E-state index in [1.165, 1.54) is 18.2 Å². The summed E-state index contributed by atoms with van der Waals surface area (Å²) < 4.78 is 27.4. The third kappa shape index (κ3) is 3.63. The molecule has 0 saturated carbocycles. The number of likely N-dealkylation sites (tertiary alicyclic amines) is 1. The second-order valence-corrected chi connectivity index (χ2v) is 6.43. The van der Waals surface area contributed by atoms with E-state index in [4.69, 9.17) is 0 Å². The number of aryl methyl sites for hydroxylation is 1. The van der Waals surface area contributed by atoms with Crippen LogP contribution in [-0.2, 0) is 6.42 Å². The van der Waals surface area contributed by atoms with E-state index in [-0.39, 0.29) is 17.4 Å². The summed E-state index contributed by atoms with van der Waals surface area (Å²) in [5.41, 5.74) is 1.42. The van der Waals surface area contributed by atoms with Gasteiger partial charge in [-0.1, -0.05) is 6.07 Å². The largest absolute Gasteiger partial charge is 0.337 e. The molecule has 3 rings (SSSR count). The van der Waals surface area contributed by atoms with E-state index in [2.05, 4.69) is 10.2 Å². The van der Waals surface area contributed by atoms with Crippen LogP contribution in [0.4, 0.5) is 8.78 Å². The number of piperidine rings is 1. The molecule has 1 amide bonds. The molecule has 0 bridgehead atoms. The Labute approximate surface area is 139 Å². The van der Waals surface area contributed by atoms with Gasteiger partial charge in [-0.3, -0.25) is 9.89 Å². The number of aromatic nitrogens is 2. The Morgan fingerprint density at radius 2 is 2.12 bits per heavy atom. The molecule has 1 saturated heterocycles. The van der Waals surface area contributed by atoms with Crippen LogP contribution in [0.1, 0.15) is 41.0 Å². The SMILES string of the molecule is Cc1cc(C(=O)N2CCCC(CCc3c(F)cccc3F)C2)n[nH]1. The minimum Gasteiger partial charge on any atom is -0.337 e. The molecule has 1 aliphatic heterocycles. The third-order valence-corrected chi connectivity index (χ3v) is 4.60. The number of carbonyl (C=O) groups excluding carboxylic acids is 1. The average Bonchev–Trinajstić information content (AvgIpc) is 3.00. The minimum absolute atomic E-state index is 0.0823. The van der Waals surface area contributed by atoms with E-state index in [0.717, 1.165) is 18.5 Å². The number of hydrogen-bond donors (Lipinski definition) is 1. The van der Waals surface area contributed by atoms with Gasteiger partial charge >= 0.3 is 0 Å². The Balaban J connectivity index is 1.60. The van der Waals surface area contributed by atoms with Crippen LogP contribution in [-0.4, -0.2) is 34.1 Å². The average molecular weight is 333 g/mol. The smallest absolute Gasteiger partial charge is 0.274 e. The van der Waals surface area contributed by atoms with Gasteiger partial charge in [0.15, 0.2) is 0 Å². The number of nitrogens with zero attached hydrogens (tertiary/aromatic N) is 2. The monoisotopic (exact) mass is 333 g/mol. The van der Waals surface area contributed by atoms with E-state index < -0.39 is 11.6 Å². The standard InChI is InChI=1S/C18H21F2N3O/c1-12-10-17(22-21-12)18(24)23-9-3-4-13(11-23)7-8-14-15(19)5-2-6-16(14)20/h2,5-6,10,13H,3-4,7-9,11H2,1H3,(H,21,22). The highest BCUT2D eigenvalue weighted by atomic mass is 19.1. The van der Waals surface area contributed by atoms with Gasteiger partial charge in [0.05, 0.1) is 0 Å². The molecular formula is C18H21F2N3O. The van der Waals surface area contributed by atoms with Gasteiger partial charge in [0, 0.05) is 24.3 Å². The number of nitrogens with one attached hydrogen (secondary N) is 1. The molecule has 4 nitrogen and oxygen atoms in total. The maximum Gasteiger partial charge on any atom is 0.274 e. The van der Waals surface area contributed by atoms with Crippen LogP contribution in [0.5, 0.6) is 0 Å². The predicted molar refractivity (Wildman–Crippen MR) is 86.6 cm³/mol. The van der Waals surface area contributed by atoms with Crippen LogP contribution < -0.4 is 0 Å². The topological polar surface area (TPSA) is 49.0 Å². The third-order valence-electron chi connectivity index (χ3n) is 4.60. The van der Waals surface area contributed by atoms with Crippen LogP contribution >= 0.6 is 0 Å². The van der Waals surface area contributed by atoms with Crippen molar-refractivity contribution >= 4 is 5.91 Å². The van der Waals surface area contributed by atoms with Crippen molar-refractivity contribution in [1.82, 2.24) is 15.1 Å². The highest BCUT2D eigenvalue weighted by Gasteiger charge is 2.26. The number of carbonyl (C=O) groups is 1. The predicted octanol–water partition coefficient (Wildman–Crippen LogP) is 3.48. The van der Waals surface area contributed by atoms with Crippen LogP contribution in [0.25, 0.3) is 0 Å². The van der Waals surface area contributed by atoms with Crippen molar-refractivity contribution in [1.29, 1.82) is 0 Å². The van der Waals surface area contributed by atoms with Gasteiger partial charge in [0.1, 0.15) is 17.3 Å². The number of halogens is 2. The minimum atomic E-state index is -0.495. The van der Waals surface area contributed by atoms with Crippen molar-refractivity contribution in [2.24, 2.45) is 5.92 Å². The number of H-pyrrole nitrogens is 1. The molecule has 1 aliphatic rings. The molecule has 6 heteroatoms. The van der Waals surface area contributed by atoms with Gasteiger partial charge in [0.2, 0.25) is 0 Å². The molecule has 0 radical (unpaired) electrons. The molecule has 1 aromatic heterocycles. The van der Waals surface area contributed by atoms with Crippen molar-refractivity contribution in [2.75, 3.05) is 13.1 Å². The van der Waals surface area contributed by atoms with Gasteiger partial charge in [-0.2, -0.15) is 5.10 Å². The Morgan fingerprint density at radius 1 is 1.38 bits per heavy atom. The Kier molecular flexibility index (Phi) is 4.92. The summed E-state index contributed by atoms with van der Waals surface area (Å²) in [6.45, 7) is 3.17. The van der Waals surface area contributed by atoms with E-state index in [1.54, 1.807) is 11.0 Å². The second kappa shape index (κ2) is 7.11. The molecule has 24 heavy (non-hydrogen) atoms. The molecule has 2 aromatic rings. The van der Waals surface area contributed by atoms with Crippen LogP contribution in [0.3, 0.4) is 0 Å². The highest BCUT2D eigenvalue weighted by Crippen LogP contribution is 2.24. The van der Waals surface area contributed by atoms with E-state index in [9.17, 15) is 13.6 Å². The first-order valence-electron chi connectivity index (χ1n) is 8.29. The van der Waals surface area contributed by atoms with Crippen LogP contribution in [0.2, 0.25) is 0 Å². The number of rotatable bonds is 4. The normalized spacial score (nSPS) is 18.0. The lowest BCUT2D eigenvalue weighted by atomic mass is 9.91. The quantitative estimate of drug-likeness (QED) is 0.931. The first kappa shape index (κ1) is 16.6. The summed E-state index contributed by atoms with van der Waals surface area (Å²) in [6, 6.07) is 5.69. The van der Waals surface area contributed by atoms with E-state index >= 15 is 0 Å². The zero-order valence-corrected chi connectivity index (χ0v) is 13.7. The molecule has 128 valence electrons. The number of amides is 1. The van der Waals surface area contributed by atoms with Crippen molar-refractivity contribution in [2.45, 2.75) is 32.6 Å². The van der Waals surface area contributed by atoms with Gasteiger partial charge in [-0.25, -0.2) is 8.78 Å². The lowest BCUT2D eigenvalue weighted by Gasteiger charge is -2.32. The molecule has 0 aliphatic carbocycles. The second-order valence-electron chi connectivity index (χ2n) is 6.43. The number of hydrogen-bond acceptors (Lipinski definition) is 2. The Morgan fingerprint density at radius 3 is 2.79 bits per heavy atom. The van der Waals surface area contributed by atoms with Gasteiger partial charge in [-0.05, 0) is 56.7 Å². The fourth-order valence-electron chi connectivity index (χ4n) is 3.29. The summed E-state index contributed by atoms with van der Waals surface area (Å²) in [5, 5.41) is 6.80. The summed E-state index contributed by atoms with van der Waals surface area (Å²) in [6.07, 6.45) is 2.90. The van der Waals surface area contributed by atoms with Crippen LogP contribution in [0, 0.1) is 24.5 Å². The summed E-state index contributed by atoms with van der Waals surface area (Å²) in [7, 11) is 0. The molecule has 1 fully saturated rings. The molecule has 1 aromatic carbocycles. The highest BCUT2D eigenvalue weighted by molar-refractivity contribution is 5.92. The van der Waals surface area contributed by atoms with Crippen molar-refractivity contribution in [3.05, 3.63) is 52.9 Å². The first-order chi connectivity index (χ1) is 11.5. The maximum absolute atomic E-state index is 13.7. The molecule has 0 spiro atoms. The van der Waals surface area contributed by atoms with Crippen molar-refractivity contribution in [3.8, 4) is 0 Å². The Bertz CT molecular complexity index is 709. The molecular weight excluding hydrogens is 312 g/mol. The summed E-state index contributed by atoms with van der Waals surface area (Å²) in [5.74, 6) is -0.820.